The van der Waals surface area contributed by atoms with Crippen LogP contribution in [0.4, 0.5) is 14.9 Å². The summed E-state index contributed by atoms with van der Waals surface area (Å²) < 4.78 is 13.4. The number of nitrogens with zero attached hydrogens (tertiary/aromatic N) is 1. The Hall–Kier alpha value is -1.57. The van der Waals surface area contributed by atoms with Gasteiger partial charge in [0.15, 0.2) is 12.5 Å². The van der Waals surface area contributed by atoms with Gasteiger partial charge in [0, 0.05) is 11.7 Å². The molecule has 6 nitrogen and oxygen atoms in total. The number of carbonyl (C=O) groups excluding carboxylic acids is 1. The molecule has 0 radical (unpaired) electrons. The first-order valence-corrected chi connectivity index (χ1v) is 6.88. The van der Waals surface area contributed by atoms with Crippen LogP contribution in [0.15, 0.2) is 23.2 Å². The standard InChI is InChI=1S/C12H14Cl2FN5O/c1-5-9(15)10(16)19-11(17-5)20-12(21)18-6-2-3-7(13)8(14)4-6/h2-5,9,11,17H,1H3,(H2,16,19)(H2,18,20,21). The smallest absolute Gasteiger partial charge is 0.321 e. The van der Waals surface area contributed by atoms with E-state index in [1.807, 2.05) is 0 Å². The highest BCUT2D eigenvalue weighted by Gasteiger charge is 2.29. The third-order valence-corrected chi connectivity index (χ3v) is 3.60. The van der Waals surface area contributed by atoms with Gasteiger partial charge < -0.3 is 16.4 Å². The van der Waals surface area contributed by atoms with Gasteiger partial charge >= 0.3 is 6.03 Å². The molecular formula is C12H14Cl2FN5O. The lowest BCUT2D eigenvalue weighted by Gasteiger charge is -2.28. The third kappa shape index (κ3) is 3.96. The van der Waals surface area contributed by atoms with E-state index in [0.717, 1.165) is 0 Å². The molecule has 3 atom stereocenters. The maximum Gasteiger partial charge on any atom is 0.321 e. The van der Waals surface area contributed by atoms with Crippen LogP contribution in [-0.2, 0) is 0 Å². The molecule has 1 aromatic rings. The van der Waals surface area contributed by atoms with Crippen LogP contribution in [0.25, 0.3) is 0 Å². The highest BCUT2D eigenvalue weighted by atomic mass is 35.5. The zero-order valence-electron chi connectivity index (χ0n) is 11.0. The van der Waals surface area contributed by atoms with Gasteiger partial charge in [-0.25, -0.2) is 14.2 Å². The van der Waals surface area contributed by atoms with Crippen molar-refractivity contribution >= 4 is 40.8 Å². The molecule has 9 heteroatoms. The summed E-state index contributed by atoms with van der Waals surface area (Å²) in [4.78, 5) is 15.6. The van der Waals surface area contributed by atoms with Crippen LogP contribution in [0.2, 0.25) is 10.0 Å². The summed E-state index contributed by atoms with van der Waals surface area (Å²) >= 11 is 11.6. The summed E-state index contributed by atoms with van der Waals surface area (Å²) in [6, 6.07) is 3.59. The summed E-state index contributed by atoms with van der Waals surface area (Å²) in [5.74, 6) is -0.152. The lowest BCUT2D eigenvalue weighted by Crippen LogP contribution is -2.58. The molecule has 0 bridgehead atoms. The normalized spacial score (nSPS) is 25.1. The highest BCUT2D eigenvalue weighted by Crippen LogP contribution is 2.24. The topological polar surface area (TPSA) is 91.5 Å². The average Bonchev–Trinajstić information content (AvgIpc) is 2.40. The fraction of sp³-hybridized carbons (Fsp3) is 0.333. The van der Waals surface area contributed by atoms with Crippen molar-refractivity contribution in [2.45, 2.75) is 25.4 Å². The van der Waals surface area contributed by atoms with Crippen LogP contribution < -0.4 is 21.7 Å². The zero-order chi connectivity index (χ0) is 15.6. The number of benzene rings is 1. The predicted octanol–water partition coefficient (Wildman–Crippen LogP) is 2.09. The number of amidine groups is 1. The zero-order valence-corrected chi connectivity index (χ0v) is 12.5. The van der Waals surface area contributed by atoms with Crippen molar-refractivity contribution in [1.29, 1.82) is 0 Å². The Morgan fingerprint density at radius 2 is 2.14 bits per heavy atom. The molecule has 1 heterocycles. The molecule has 3 unspecified atom stereocenters. The lowest BCUT2D eigenvalue weighted by atomic mass is 10.1. The van der Waals surface area contributed by atoms with Gasteiger partial charge in [0.2, 0.25) is 0 Å². The number of amides is 2. The minimum atomic E-state index is -1.37. The van der Waals surface area contributed by atoms with Gasteiger partial charge in [-0.2, -0.15) is 0 Å². The van der Waals surface area contributed by atoms with Crippen molar-refractivity contribution < 1.29 is 9.18 Å². The van der Waals surface area contributed by atoms with Crippen molar-refractivity contribution in [1.82, 2.24) is 10.6 Å². The summed E-state index contributed by atoms with van der Waals surface area (Å²) in [6.45, 7) is 1.61. The van der Waals surface area contributed by atoms with Crippen LogP contribution in [0.3, 0.4) is 0 Å². The molecule has 1 aliphatic rings. The molecule has 5 N–H and O–H groups in total. The lowest BCUT2D eigenvalue weighted by molar-refractivity contribution is 0.235. The number of urea groups is 1. The Balaban J connectivity index is 1.97. The first-order valence-electron chi connectivity index (χ1n) is 6.12. The monoisotopic (exact) mass is 333 g/mol. The maximum absolute atomic E-state index is 13.4. The van der Waals surface area contributed by atoms with E-state index in [2.05, 4.69) is 20.9 Å². The molecule has 0 saturated carbocycles. The number of alkyl halides is 1. The number of aliphatic imine (C=N–C) groups is 1. The number of anilines is 1. The van der Waals surface area contributed by atoms with E-state index in [1.165, 1.54) is 6.07 Å². The molecule has 114 valence electrons. The van der Waals surface area contributed by atoms with E-state index in [1.54, 1.807) is 19.1 Å². The number of halogens is 3. The largest absolute Gasteiger partial charge is 0.385 e. The van der Waals surface area contributed by atoms with Crippen LogP contribution in [0, 0.1) is 0 Å². The number of hydrogen-bond acceptors (Lipinski definition) is 4. The highest BCUT2D eigenvalue weighted by molar-refractivity contribution is 6.42. The Kier molecular flexibility index (Phi) is 4.87. The van der Waals surface area contributed by atoms with E-state index in [4.69, 9.17) is 28.9 Å². The summed E-state index contributed by atoms with van der Waals surface area (Å²) in [5.41, 5.74) is 5.92. The minimum Gasteiger partial charge on any atom is -0.385 e. The average molecular weight is 334 g/mol. The van der Waals surface area contributed by atoms with E-state index >= 15 is 0 Å². The van der Waals surface area contributed by atoms with E-state index in [-0.39, 0.29) is 5.84 Å². The molecule has 2 rings (SSSR count). The molecule has 0 aliphatic carbocycles. The SMILES string of the molecule is CC1NC(NC(=O)Nc2ccc(Cl)c(Cl)c2)N=C(N)C1F. The number of rotatable bonds is 2. The molecule has 0 aromatic heterocycles. The fourth-order valence-corrected chi connectivity index (χ4v) is 2.08. The van der Waals surface area contributed by atoms with E-state index in [9.17, 15) is 9.18 Å². The predicted molar refractivity (Wildman–Crippen MR) is 81.5 cm³/mol. The van der Waals surface area contributed by atoms with Gasteiger partial charge in [0.25, 0.3) is 0 Å². The van der Waals surface area contributed by atoms with E-state index in [0.29, 0.717) is 15.7 Å². The summed E-state index contributed by atoms with van der Waals surface area (Å²) in [6.07, 6.45) is -2.17. The fourth-order valence-electron chi connectivity index (χ4n) is 1.79. The maximum atomic E-state index is 13.4. The Bertz CT molecular complexity index is 583. The molecular weight excluding hydrogens is 320 g/mol. The first-order chi connectivity index (χ1) is 9.86. The number of nitrogens with one attached hydrogen (secondary N) is 3. The second kappa shape index (κ2) is 6.46. The Morgan fingerprint density at radius 3 is 2.76 bits per heavy atom. The quantitative estimate of drug-likeness (QED) is 0.667. The first kappa shape index (κ1) is 15.8. The second-order valence-electron chi connectivity index (χ2n) is 4.54. The summed E-state index contributed by atoms with van der Waals surface area (Å²) in [5, 5.41) is 8.55. The summed E-state index contributed by atoms with van der Waals surface area (Å²) in [7, 11) is 0. The van der Waals surface area contributed by atoms with Crippen LogP contribution >= 0.6 is 23.2 Å². The molecule has 1 aromatic carbocycles. The second-order valence-corrected chi connectivity index (χ2v) is 5.36. The van der Waals surface area contributed by atoms with Crippen molar-refractivity contribution in [3.05, 3.63) is 28.2 Å². The van der Waals surface area contributed by atoms with Crippen molar-refractivity contribution in [2.24, 2.45) is 10.7 Å². The third-order valence-electron chi connectivity index (χ3n) is 2.87. The molecule has 21 heavy (non-hydrogen) atoms. The molecule has 0 saturated heterocycles. The van der Waals surface area contributed by atoms with Gasteiger partial charge in [-0.3, -0.25) is 5.32 Å². The van der Waals surface area contributed by atoms with E-state index < -0.39 is 24.5 Å². The van der Waals surface area contributed by atoms with Gasteiger partial charge in [-0.05, 0) is 25.1 Å². The van der Waals surface area contributed by atoms with Crippen molar-refractivity contribution in [3.63, 3.8) is 0 Å². The minimum absolute atomic E-state index is 0.152. The van der Waals surface area contributed by atoms with Crippen molar-refractivity contribution in [3.8, 4) is 0 Å². The Labute approximate surface area is 130 Å². The number of carbonyl (C=O) groups is 1. The molecule has 0 spiro atoms. The van der Waals surface area contributed by atoms with Gasteiger partial charge in [-0.1, -0.05) is 23.2 Å². The van der Waals surface area contributed by atoms with Gasteiger partial charge in [0.05, 0.1) is 10.0 Å². The van der Waals surface area contributed by atoms with Crippen LogP contribution in [0.1, 0.15) is 6.92 Å². The van der Waals surface area contributed by atoms with Gasteiger partial charge in [-0.15, -0.1) is 0 Å². The molecule has 1 aliphatic heterocycles. The molecule has 0 fully saturated rings. The van der Waals surface area contributed by atoms with Crippen molar-refractivity contribution in [2.75, 3.05) is 5.32 Å². The molecule has 2 amide bonds. The Morgan fingerprint density at radius 1 is 1.43 bits per heavy atom. The van der Waals surface area contributed by atoms with Crippen LogP contribution in [-0.4, -0.2) is 30.4 Å². The number of hydrogen-bond donors (Lipinski definition) is 4. The number of nitrogens with two attached hydrogens (primary N) is 1. The van der Waals surface area contributed by atoms with Gasteiger partial charge in [0.1, 0.15) is 5.84 Å². The van der Waals surface area contributed by atoms with Crippen LogP contribution in [0.5, 0.6) is 0 Å².